The van der Waals surface area contributed by atoms with Crippen LogP contribution in [0.2, 0.25) is 0 Å². The van der Waals surface area contributed by atoms with Crippen molar-refractivity contribution in [3.8, 4) is 12.3 Å². The van der Waals surface area contributed by atoms with E-state index in [0.29, 0.717) is 18.3 Å². The molecule has 2 rings (SSSR count). The van der Waals surface area contributed by atoms with Crippen molar-refractivity contribution in [1.29, 1.82) is 0 Å². The van der Waals surface area contributed by atoms with Gasteiger partial charge in [0.15, 0.2) is 15.8 Å². The fourth-order valence-corrected chi connectivity index (χ4v) is 2.32. The molecule has 0 bridgehead atoms. The lowest BCUT2D eigenvalue weighted by molar-refractivity contribution is -0.664. The van der Waals surface area contributed by atoms with Crippen LogP contribution in [0.4, 0.5) is 18.9 Å². The van der Waals surface area contributed by atoms with Crippen molar-refractivity contribution in [2.45, 2.75) is 25.9 Å². The van der Waals surface area contributed by atoms with Crippen molar-refractivity contribution in [3.63, 3.8) is 0 Å². The Bertz CT molecular complexity index is 1000. The molecule has 1 aromatic carbocycles. The molecule has 28 heavy (non-hydrogen) atoms. The van der Waals surface area contributed by atoms with Crippen LogP contribution in [0.25, 0.3) is 10.9 Å². The normalized spacial score (nSPS) is 11.2. The minimum absolute atomic E-state index is 0.385. The maximum Gasteiger partial charge on any atom is 0.485 e. The second-order valence-electron chi connectivity index (χ2n) is 5.28. The van der Waals surface area contributed by atoms with E-state index in [0.717, 1.165) is 22.3 Å². The lowest BCUT2D eigenvalue weighted by Gasteiger charge is -2.09. The summed E-state index contributed by atoms with van der Waals surface area (Å²) < 4.78 is 66.2. The second-order valence-corrected chi connectivity index (χ2v) is 7.03. The lowest BCUT2D eigenvalue weighted by Crippen LogP contribution is -2.37. The summed E-state index contributed by atoms with van der Waals surface area (Å²) in [7, 11) is -6.09. The maximum atomic E-state index is 10.7. The van der Waals surface area contributed by atoms with Crippen LogP contribution in [0.5, 0.6) is 0 Å². The van der Waals surface area contributed by atoms with Crippen LogP contribution in [-0.2, 0) is 21.4 Å². The summed E-state index contributed by atoms with van der Waals surface area (Å²) in [6.07, 6.45) is 5.43. The van der Waals surface area contributed by atoms with Gasteiger partial charge in [-0.3, -0.25) is 0 Å². The molecule has 11 heteroatoms. The topological polar surface area (TPSA) is 82.3 Å². The molecule has 0 aliphatic heterocycles. The molecule has 0 saturated carbocycles. The van der Waals surface area contributed by atoms with Gasteiger partial charge in [-0.2, -0.15) is 17.7 Å². The van der Waals surface area contributed by atoms with Gasteiger partial charge in [-0.25, -0.2) is 8.42 Å². The molecule has 2 aromatic rings. The molecule has 152 valence electrons. The number of terminal acetylenes is 1. The molecule has 6 nitrogen and oxygen atoms in total. The zero-order valence-corrected chi connectivity index (χ0v) is 16.5. The minimum Gasteiger partial charge on any atom is -0.741 e. The Morgan fingerprint density at radius 3 is 2.46 bits per heavy atom. The first-order valence-corrected chi connectivity index (χ1v) is 9.55. The number of ether oxygens (including phenoxy) is 1. The molecule has 0 aliphatic carbocycles. The highest BCUT2D eigenvalue weighted by Crippen LogP contribution is 2.20. The number of nitrogens with one attached hydrogen (secondary N) is 1. The lowest BCUT2D eigenvalue weighted by atomic mass is 10.1. The SMILES string of the molecule is C#CC[n+]1c(C)ccc2cc(NC(=S)OCC)ccc21.O=S(=O)([O-])C(F)(F)F. The first-order chi connectivity index (χ1) is 12.9. The van der Waals surface area contributed by atoms with Gasteiger partial charge >= 0.3 is 5.51 Å². The van der Waals surface area contributed by atoms with Crippen LogP contribution >= 0.6 is 12.2 Å². The second kappa shape index (κ2) is 9.68. The third kappa shape index (κ3) is 6.63. The number of benzene rings is 1. The van der Waals surface area contributed by atoms with Gasteiger partial charge in [-0.1, -0.05) is 0 Å². The highest BCUT2D eigenvalue weighted by molar-refractivity contribution is 7.86. The Kier molecular flexibility index (Phi) is 8.16. The van der Waals surface area contributed by atoms with Gasteiger partial charge in [0.05, 0.1) is 6.61 Å². The van der Waals surface area contributed by atoms with Crippen LogP contribution in [0.1, 0.15) is 12.6 Å². The van der Waals surface area contributed by atoms with Crippen LogP contribution < -0.4 is 9.88 Å². The van der Waals surface area contributed by atoms with Crippen LogP contribution in [0.3, 0.4) is 0 Å². The first-order valence-electron chi connectivity index (χ1n) is 7.73. The van der Waals surface area contributed by atoms with E-state index in [1.165, 1.54) is 0 Å². The number of fused-ring (bicyclic) bond motifs is 1. The van der Waals surface area contributed by atoms with Crippen molar-refractivity contribution >= 4 is 44.1 Å². The summed E-state index contributed by atoms with van der Waals surface area (Å²) in [6, 6.07) is 10.2. The van der Waals surface area contributed by atoms with Crippen LogP contribution in [0.15, 0.2) is 30.3 Å². The number of thiocarbonyl (C=S) groups is 1. The van der Waals surface area contributed by atoms with Gasteiger partial charge in [-0.15, -0.1) is 6.42 Å². The number of hydrogen-bond donors (Lipinski definition) is 1. The number of aromatic nitrogens is 1. The third-order valence-corrected chi connectivity index (χ3v) is 4.09. The number of halogens is 3. The zero-order chi connectivity index (χ0) is 21.5. The summed E-state index contributed by atoms with van der Waals surface area (Å²) in [4.78, 5) is 0. The van der Waals surface area contributed by atoms with Crippen LogP contribution in [-0.4, -0.2) is 30.3 Å². The molecule has 1 N–H and O–H groups in total. The van der Waals surface area contributed by atoms with E-state index >= 15 is 0 Å². The fourth-order valence-electron chi connectivity index (χ4n) is 2.09. The van der Waals surface area contributed by atoms with E-state index in [4.69, 9.17) is 36.3 Å². The van der Waals surface area contributed by atoms with Crippen molar-refractivity contribution in [3.05, 3.63) is 36.0 Å². The fraction of sp³-hybridized carbons (Fsp3) is 0.294. The molecule has 0 aliphatic rings. The maximum absolute atomic E-state index is 10.7. The highest BCUT2D eigenvalue weighted by Gasteiger charge is 2.36. The molecule has 0 spiro atoms. The summed E-state index contributed by atoms with van der Waals surface area (Å²) in [5, 5.41) is 4.55. The largest absolute Gasteiger partial charge is 0.741 e. The van der Waals surface area contributed by atoms with Gasteiger partial charge in [0, 0.05) is 30.1 Å². The Balaban J connectivity index is 0.000000416. The number of nitrogens with zero attached hydrogens (tertiary/aromatic N) is 1. The minimum atomic E-state index is -6.09. The Morgan fingerprint density at radius 2 is 1.96 bits per heavy atom. The first kappa shape index (κ1) is 23.6. The molecular weight excluding hydrogens is 417 g/mol. The van der Waals surface area contributed by atoms with Gasteiger partial charge in [0.1, 0.15) is 0 Å². The predicted molar refractivity (Wildman–Crippen MR) is 101 cm³/mol. The Labute approximate surface area is 166 Å². The van der Waals surface area contributed by atoms with Crippen molar-refractivity contribution < 1.29 is 35.4 Å². The van der Waals surface area contributed by atoms with E-state index in [2.05, 4.69) is 27.9 Å². The zero-order valence-electron chi connectivity index (χ0n) is 14.9. The molecule has 1 heterocycles. The predicted octanol–water partition coefficient (Wildman–Crippen LogP) is 2.85. The molecule has 0 saturated heterocycles. The Hall–Kier alpha value is -2.42. The monoisotopic (exact) mass is 434 g/mol. The number of aryl methyl sites for hydroxylation is 1. The van der Waals surface area contributed by atoms with E-state index in [-0.39, 0.29) is 0 Å². The summed E-state index contributed by atoms with van der Waals surface area (Å²) in [5.41, 5.74) is -2.49. The average Bonchev–Trinajstić information content (AvgIpc) is 2.56. The molecule has 0 atom stereocenters. The number of alkyl halides is 3. The molecule has 1 aromatic heterocycles. The number of pyridine rings is 1. The smallest absolute Gasteiger partial charge is 0.485 e. The highest BCUT2D eigenvalue weighted by atomic mass is 32.2. The number of hydrogen-bond acceptors (Lipinski definition) is 5. The van der Waals surface area contributed by atoms with Crippen LogP contribution in [0, 0.1) is 19.3 Å². The van der Waals surface area contributed by atoms with Crippen molar-refractivity contribution in [2.24, 2.45) is 0 Å². The standard InChI is InChI=1S/C16H16N2OS.CHF3O3S/c1-4-10-18-12(3)6-7-13-11-14(8-9-15(13)18)17-16(20)19-5-2;2-1(3,4)8(5,6)7/h1,6-9,11H,5,10H2,2-3H3;(H,5,6,7). The molecule has 0 unspecified atom stereocenters. The van der Waals surface area contributed by atoms with Gasteiger partial charge < -0.3 is 14.6 Å². The van der Waals surface area contributed by atoms with E-state index in [1.54, 1.807) is 0 Å². The third-order valence-electron chi connectivity index (χ3n) is 3.30. The number of anilines is 1. The quantitative estimate of drug-likeness (QED) is 0.263. The van der Waals surface area contributed by atoms with Crippen molar-refractivity contribution in [2.75, 3.05) is 11.9 Å². The van der Waals surface area contributed by atoms with Gasteiger partial charge in [0.2, 0.25) is 12.1 Å². The van der Waals surface area contributed by atoms with E-state index in [1.807, 2.05) is 32.0 Å². The summed E-state index contributed by atoms with van der Waals surface area (Å²) in [5.74, 6) is 2.69. The molecule has 0 fully saturated rings. The number of rotatable bonds is 3. The average molecular weight is 434 g/mol. The molecule has 0 radical (unpaired) electrons. The van der Waals surface area contributed by atoms with E-state index in [9.17, 15) is 13.2 Å². The van der Waals surface area contributed by atoms with Crippen molar-refractivity contribution in [1.82, 2.24) is 0 Å². The summed E-state index contributed by atoms with van der Waals surface area (Å²) >= 11 is 5.08. The Morgan fingerprint density at radius 1 is 1.36 bits per heavy atom. The summed E-state index contributed by atoms with van der Waals surface area (Å²) in [6.45, 7) is 5.07. The van der Waals surface area contributed by atoms with E-state index < -0.39 is 15.6 Å². The van der Waals surface area contributed by atoms with Gasteiger partial charge in [0.25, 0.3) is 5.17 Å². The van der Waals surface area contributed by atoms with Gasteiger partial charge in [-0.05, 0) is 43.3 Å². The molecular formula is C17H17F3N2O4S2. The molecule has 0 amide bonds.